The van der Waals surface area contributed by atoms with Gasteiger partial charge in [0.15, 0.2) is 0 Å². The fourth-order valence-electron chi connectivity index (χ4n) is 3.32. The van der Waals surface area contributed by atoms with Gasteiger partial charge in [-0.3, -0.25) is 9.69 Å². The molecule has 1 aromatic carbocycles. The van der Waals surface area contributed by atoms with Gasteiger partial charge >= 0.3 is 0 Å². The Balaban J connectivity index is 1.44. The Kier molecular flexibility index (Phi) is 5.34. The third-order valence-electron chi connectivity index (χ3n) is 4.60. The first kappa shape index (κ1) is 15.8. The molecule has 2 heterocycles. The molecule has 2 aliphatic rings. The van der Waals surface area contributed by atoms with E-state index in [9.17, 15) is 4.79 Å². The van der Waals surface area contributed by atoms with Gasteiger partial charge in [0.1, 0.15) is 0 Å². The number of amides is 1. The largest absolute Gasteiger partial charge is 0.340 e. The monoisotopic (exact) mass is 321 g/mol. The van der Waals surface area contributed by atoms with Crippen LogP contribution in [0.25, 0.3) is 0 Å². The van der Waals surface area contributed by atoms with E-state index in [0.717, 1.165) is 50.7 Å². The number of halogens is 1. The number of piperazine rings is 1. The van der Waals surface area contributed by atoms with Crippen LogP contribution in [0.4, 0.5) is 0 Å². The number of nitrogens with one attached hydrogen (secondary N) is 1. The average Bonchev–Trinajstić information content (AvgIpc) is 3.01. The van der Waals surface area contributed by atoms with Crippen molar-refractivity contribution < 1.29 is 4.79 Å². The molecule has 3 rings (SSSR count). The van der Waals surface area contributed by atoms with Crippen LogP contribution in [0.1, 0.15) is 24.8 Å². The van der Waals surface area contributed by atoms with Gasteiger partial charge in [0.25, 0.3) is 0 Å². The molecule has 0 saturated carbocycles. The smallest absolute Gasteiger partial charge is 0.224 e. The summed E-state index contributed by atoms with van der Waals surface area (Å²) in [6.45, 7) is 5.53. The standard InChI is InChI=1S/C17H24ClN3O/c18-15-4-1-3-14(11-15)13-20-7-9-21(10-8-20)17(22)12-16-5-2-6-19-16/h1,3-4,11,16,19H,2,5-10,12-13H2. The highest BCUT2D eigenvalue weighted by Gasteiger charge is 2.24. The minimum Gasteiger partial charge on any atom is -0.340 e. The van der Waals surface area contributed by atoms with Crippen LogP contribution < -0.4 is 5.32 Å². The SMILES string of the molecule is O=C(CC1CCCN1)N1CCN(Cc2cccc(Cl)c2)CC1. The minimum absolute atomic E-state index is 0.307. The lowest BCUT2D eigenvalue weighted by Gasteiger charge is -2.35. The molecule has 0 spiro atoms. The van der Waals surface area contributed by atoms with Crippen LogP contribution in [-0.4, -0.2) is 54.5 Å². The maximum atomic E-state index is 12.3. The highest BCUT2D eigenvalue weighted by atomic mass is 35.5. The van der Waals surface area contributed by atoms with Gasteiger partial charge in [-0.05, 0) is 37.1 Å². The quantitative estimate of drug-likeness (QED) is 0.923. The van der Waals surface area contributed by atoms with Gasteiger partial charge in [-0.2, -0.15) is 0 Å². The van der Waals surface area contributed by atoms with E-state index in [1.165, 1.54) is 12.0 Å². The number of rotatable bonds is 4. The molecule has 2 fully saturated rings. The lowest BCUT2D eigenvalue weighted by atomic mass is 10.1. The second-order valence-corrected chi connectivity index (χ2v) is 6.72. The summed E-state index contributed by atoms with van der Waals surface area (Å²) in [6, 6.07) is 8.42. The van der Waals surface area contributed by atoms with Crippen molar-refractivity contribution in [2.75, 3.05) is 32.7 Å². The van der Waals surface area contributed by atoms with E-state index < -0.39 is 0 Å². The van der Waals surface area contributed by atoms with Gasteiger partial charge < -0.3 is 10.2 Å². The van der Waals surface area contributed by atoms with E-state index in [4.69, 9.17) is 11.6 Å². The second-order valence-electron chi connectivity index (χ2n) is 6.28. The molecule has 1 amide bonds. The predicted octanol–water partition coefficient (Wildman–Crippen LogP) is 2.13. The Morgan fingerprint density at radius 1 is 1.27 bits per heavy atom. The molecule has 4 nitrogen and oxygen atoms in total. The van der Waals surface area contributed by atoms with Gasteiger partial charge in [0, 0.05) is 50.2 Å². The van der Waals surface area contributed by atoms with Gasteiger partial charge in [-0.1, -0.05) is 23.7 Å². The molecule has 1 N–H and O–H groups in total. The summed E-state index contributed by atoms with van der Waals surface area (Å²) < 4.78 is 0. The Bertz CT molecular complexity index is 508. The van der Waals surface area contributed by atoms with Gasteiger partial charge in [-0.25, -0.2) is 0 Å². The number of hydrogen-bond donors (Lipinski definition) is 1. The molecule has 0 radical (unpaired) electrons. The zero-order valence-electron chi connectivity index (χ0n) is 12.9. The topological polar surface area (TPSA) is 35.6 Å². The molecule has 0 aromatic heterocycles. The maximum absolute atomic E-state index is 12.3. The van der Waals surface area contributed by atoms with Crippen LogP contribution >= 0.6 is 11.6 Å². The van der Waals surface area contributed by atoms with Crippen molar-refractivity contribution in [3.63, 3.8) is 0 Å². The number of hydrogen-bond acceptors (Lipinski definition) is 3. The first-order chi connectivity index (χ1) is 10.7. The van der Waals surface area contributed by atoms with Crippen LogP contribution in [0.3, 0.4) is 0 Å². The molecule has 1 aromatic rings. The van der Waals surface area contributed by atoms with Crippen LogP contribution in [0.15, 0.2) is 24.3 Å². The Morgan fingerprint density at radius 2 is 2.09 bits per heavy atom. The van der Waals surface area contributed by atoms with Crippen LogP contribution in [0.5, 0.6) is 0 Å². The lowest BCUT2D eigenvalue weighted by Crippen LogP contribution is -2.49. The number of benzene rings is 1. The summed E-state index contributed by atoms with van der Waals surface area (Å²) in [4.78, 5) is 16.7. The van der Waals surface area contributed by atoms with Crippen molar-refractivity contribution in [2.24, 2.45) is 0 Å². The summed E-state index contributed by atoms with van der Waals surface area (Å²) in [5.41, 5.74) is 1.24. The third-order valence-corrected chi connectivity index (χ3v) is 4.84. The molecule has 22 heavy (non-hydrogen) atoms. The zero-order valence-corrected chi connectivity index (χ0v) is 13.7. The summed E-state index contributed by atoms with van der Waals surface area (Å²) in [5.74, 6) is 0.307. The molecule has 1 atom stereocenters. The van der Waals surface area contributed by atoms with Crippen LogP contribution in [0.2, 0.25) is 5.02 Å². The van der Waals surface area contributed by atoms with E-state index in [0.29, 0.717) is 18.4 Å². The maximum Gasteiger partial charge on any atom is 0.224 e. The van der Waals surface area contributed by atoms with E-state index in [-0.39, 0.29) is 0 Å². The lowest BCUT2D eigenvalue weighted by molar-refractivity contribution is -0.133. The van der Waals surface area contributed by atoms with Crippen molar-refractivity contribution >= 4 is 17.5 Å². The van der Waals surface area contributed by atoms with Gasteiger partial charge in [-0.15, -0.1) is 0 Å². The fraction of sp³-hybridized carbons (Fsp3) is 0.588. The second kappa shape index (κ2) is 7.44. The van der Waals surface area contributed by atoms with Crippen molar-refractivity contribution in [1.29, 1.82) is 0 Å². The minimum atomic E-state index is 0.307. The summed E-state index contributed by atoms with van der Waals surface area (Å²) in [5, 5.41) is 4.19. The molecular weight excluding hydrogens is 298 g/mol. The first-order valence-corrected chi connectivity index (χ1v) is 8.56. The Labute approximate surface area is 137 Å². The average molecular weight is 322 g/mol. The number of carbonyl (C=O) groups is 1. The van der Waals surface area contributed by atoms with Crippen molar-refractivity contribution in [2.45, 2.75) is 31.8 Å². The normalized spacial score (nSPS) is 23.0. The van der Waals surface area contributed by atoms with E-state index >= 15 is 0 Å². The summed E-state index contributed by atoms with van der Waals surface area (Å²) >= 11 is 6.03. The molecule has 0 aliphatic carbocycles. The zero-order chi connectivity index (χ0) is 15.4. The molecular formula is C17H24ClN3O. The molecule has 120 valence electrons. The number of carbonyl (C=O) groups excluding carboxylic acids is 1. The van der Waals surface area contributed by atoms with Gasteiger partial charge in [0.2, 0.25) is 5.91 Å². The van der Waals surface area contributed by atoms with Crippen molar-refractivity contribution in [1.82, 2.24) is 15.1 Å². The molecule has 5 heteroatoms. The molecule has 0 bridgehead atoms. The van der Waals surface area contributed by atoms with E-state index in [1.807, 2.05) is 23.1 Å². The van der Waals surface area contributed by atoms with Crippen molar-refractivity contribution in [3.8, 4) is 0 Å². The molecule has 1 unspecified atom stereocenters. The van der Waals surface area contributed by atoms with Crippen LogP contribution in [-0.2, 0) is 11.3 Å². The summed E-state index contributed by atoms with van der Waals surface area (Å²) in [7, 11) is 0. The third kappa shape index (κ3) is 4.22. The highest BCUT2D eigenvalue weighted by molar-refractivity contribution is 6.30. The van der Waals surface area contributed by atoms with Gasteiger partial charge in [0.05, 0.1) is 0 Å². The highest BCUT2D eigenvalue weighted by Crippen LogP contribution is 2.15. The van der Waals surface area contributed by atoms with E-state index in [1.54, 1.807) is 0 Å². The number of nitrogens with zero attached hydrogens (tertiary/aromatic N) is 2. The predicted molar refractivity (Wildman–Crippen MR) is 89.0 cm³/mol. The fourth-order valence-corrected chi connectivity index (χ4v) is 3.53. The molecule has 2 aliphatic heterocycles. The van der Waals surface area contributed by atoms with Crippen molar-refractivity contribution in [3.05, 3.63) is 34.9 Å². The Morgan fingerprint density at radius 3 is 2.77 bits per heavy atom. The van der Waals surface area contributed by atoms with E-state index in [2.05, 4.69) is 16.3 Å². The molecule has 2 saturated heterocycles. The Hall–Kier alpha value is -1.10. The first-order valence-electron chi connectivity index (χ1n) is 8.19. The van der Waals surface area contributed by atoms with Crippen LogP contribution in [0, 0.1) is 0 Å². The summed E-state index contributed by atoms with van der Waals surface area (Å²) in [6.07, 6.45) is 3.00.